The molecule has 0 amide bonds. The maximum absolute atomic E-state index is 5.69. The summed E-state index contributed by atoms with van der Waals surface area (Å²) in [5.74, 6) is 1.78. The lowest BCUT2D eigenvalue weighted by molar-refractivity contribution is -0.917. The number of nitrogens with zero attached hydrogens (tertiary/aromatic N) is 2. The predicted octanol–water partition coefficient (Wildman–Crippen LogP) is 2.56. The van der Waals surface area contributed by atoms with E-state index in [1.165, 1.54) is 10.5 Å². The fraction of sp³-hybridized carbons (Fsp3) is 0.263. The Morgan fingerprint density at radius 3 is 2.35 bits per heavy atom. The van der Waals surface area contributed by atoms with Crippen molar-refractivity contribution >= 4 is 12.2 Å². The number of benzene rings is 2. The molecule has 0 fully saturated rings. The molecule has 136 valence electrons. The summed E-state index contributed by atoms with van der Waals surface area (Å²) in [6.45, 7) is 1.48. The van der Waals surface area contributed by atoms with Crippen LogP contribution in [0, 0.1) is 4.84 Å². The third kappa shape index (κ3) is 4.30. The lowest BCUT2D eigenvalue weighted by Crippen LogP contribution is -3.07. The lowest BCUT2D eigenvalue weighted by Gasteiger charge is -2.13. The van der Waals surface area contributed by atoms with E-state index in [1.54, 1.807) is 25.0 Å². The molecule has 0 aliphatic carbocycles. The Bertz CT molecular complexity index is 899. The van der Waals surface area contributed by atoms with E-state index in [4.69, 9.17) is 26.1 Å². The van der Waals surface area contributed by atoms with Crippen LogP contribution in [0.3, 0.4) is 0 Å². The quantitative estimate of drug-likeness (QED) is 0.646. The number of nitrogens with one attached hydrogen (secondary N) is 1. The zero-order valence-electron chi connectivity index (χ0n) is 15.1. The topological polar surface area (TPSA) is 53.9 Å². The first kappa shape index (κ1) is 18.2. The van der Waals surface area contributed by atoms with Gasteiger partial charge in [0.2, 0.25) is 5.89 Å². The molecule has 2 aromatic carbocycles. The molecule has 7 heteroatoms. The second-order valence-corrected chi connectivity index (χ2v) is 6.40. The fourth-order valence-corrected chi connectivity index (χ4v) is 2.89. The third-order valence-electron chi connectivity index (χ3n) is 3.97. The molecule has 1 atom stereocenters. The largest absolute Gasteiger partial charge is 0.497 e. The first-order valence-electron chi connectivity index (χ1n) is 8.25. The van der Waals surface area contributed by atoms with Gasteiger partial charge in [0, 0.05) is 17.2 Å². The van der Waals surface area contributed by atoms with Crippen LogP contribution >= 0.6 is 12.2 Å². The van der Waals surface area contributed by atoms with Gasteiger partial charge in [0.1, 0.15) is 18.0 Å². The van der Waals surface area contributed by atoms with Crippen LogP contribution in [0.25, 0.3) is 11.5 Å². The summed E-state index contributed by atoms with van der Waals surface area (Å²) in [6, 6.07) is 15.8. The van der Waals surface area contributed by atoms with Gasteiger partial charge < -0.3 is 18.8 Å². The Balaban J connectivity index is 1.80. The van der Waals surface area contributed by atoms with Crippen molar-refractivity contribution in [1.29, 1.82) is 0 Å². The Hall–Kier alpha value is -2.64. The van der Waals surface area contributed by atoms with Crippen molar-refractivity contribution in [3.63, 3.8) is 0 Å². The third-order valence-corrected chi connectivity index (χ3v) is 4.27. The van der Waals surface area contributed by atoms with Crippen LogP contribution in [0.5, 0.6) is 11.5 Å². The molecule has 0 aliphatic heterocycles. The second-order valence-electron chi connectivity index (χ2n) is 6.05. The minimum absolute atomic E-state index is 0.342. The van der Waals surface area contributed by atoms with Gasteiger partial charge in [0.25, 0.3) is 4.84 Å². The fourth-order valence-electron chi connectivity index (χ4n) is 2.71. The summed E-state index contributed by atoms with van der Waals surface area (Å²) in [5, 5.41) is 4.53. The molecule has 1 heterocycles. The highest BCUT2D eigenvalue weighted by molar-refractivity contribution is 7.71. The van der Waals surface area contributed by atoms with Gasteiger partial charge in [-0.25, -0.2) is 0 Å². The molecular weight excluding hydrogens is 350 g/mol. The zero-order valence-corrected chi connectivity index (χ0v) is 15.9. The molecule has 0 saturated carbocycles. The summed E-state index contributed by atoms with van der Waals surface area (Å²) in [4.78, 5) is 1.59. The Kier molecular flexibility index (Phi) is 5.70. The zero-order chi connectivity index (χ0) is 18.5. The molecule has 6 nitrogen and oxygen atoms in total. The summed E-state index contributed by atoms with van der Waals surface area (Å²) < 4.78 is 18.0. The van der Waals surface area contributed by atoms with Gasteiger partial charge in [0.15, 0.2) is 6.67 Å². The van der Waals surface area contributed by atoms with Gasteiger partial charge in [-0.3, -0.25) is 0 Å². The number of methoxy groups -OCH3 is 2. The first-order valence-corrected chi connectivity index (χ1v) is 8.66. The van der Waals surface area contributed by atoms with Crippen molar-refractivity contribution in [3.8, 4) is 23.0 Å². The molecule has 0 saturated heterocycles. The number of hydrogen-bond acceptors (Lipinski definition) is 5. The van der Waals surface area contributed by atoms with Crippen LogP contribution < -0.4 is 14.4 Å². The maximum atomic E-state index is 5.69. The van der Waals surface area contributed by atoms with Crippen LogP contribution in [0.15, 0.2) is 52.9 Å². The number of hydrogen-bond donors (Lipinski definition) is 1. The normalized spacial score (nSPS) is 12.0. The molecule has 3 rings (SSSR count). The second kappa shape index (κ2) is 8.16. The van der Waals surface area contributed by atoms with Gasteiger partial charge in [0.05, 0.1) is 21.3 Å². The average molecular weight is 372 g/mol. The van der Waals surface area contributed by atoms with E-state index in [1.807, 2.05) is 30.3 Å². The van der Waals surface area contributed by atoms with Crippen molar-refractivity contribution in [2.24, 2.45) is 0 Å². The van der Waals surface area contributed by atoms with Crippen LogP contribution in [0.4, 0.5) is 0 Å². The number of quaternary nitrogens is 1. The molecule has 26 heavy (non-hydrogen) atoms. The van der Waals surface area contributed by atoms with Crippen LogP contribution in [-0.2, 0) is 13.2 Å². The van der Waals surface area contributed by atoms with Crippen molar-refractivity contribution in [2.45, 2.75) is 13.2 Å². The van der Waals surface area contributed by atoms with Gasteiger partial charge in [-0.2, -0.15) is 4.68 Å². The minimum Gasteiger partial charge on any atom is -0.497 e. The highest BCUT2D eigenvalue weighted by atomic mass is 32.1. The van der Waals surface area contributed by atoms with Crippen LogP contribution in [0.1, 0.15) is 5.56 Å². The van der Waals surface area contributed by atoms with E-state index >= 15 is 0 Å². The molecule has 0 spiro atoms. The maximum Gasteiger partial charge on any atom is 0.292 e. The summed E-state index contributed by atoms with van der Waals surface area (Å²) in [5.41, 5.74) is 2.02. The number of rotatable bonds is 7. The number of aromatic nitrogens is 2. The van der Waals surface area contributed by atoms with Gasteiger partial charge in [-0.1, -0.05) is 30.3 Å². The van der Waals surface area contributed by atoms with Gasteiger partial charge in [-0.05, 0) is 24.4 Å². The smallest absolute Gasteiger partial charge is 0.292 e. The summed E-state index contributed by atoms with van der Waals surface area (Å²) in [6.07, 6.45) is 0. The Morgan fingerprint density at radius 2 is 1.73 bits per heavy atom. The van der Waals surface area contributed by atoms with E-state index in [0.717, 1.165) is 12.1 Å². The average Bonchev–Trinajstić information content (AvgIpc) is 3.02. The van der Waals surface area contributed by atoms with Crippen molar-refractivity contribution < 1.29 is 18.8 Å². The molecule has 0 aliphatic rings. The minimum atomic E-state index is 0.342. The van der Waals surface area contributed by atoms with E-state index in [2.05, 4.69) is 24.3 Å². The number of ether oxygens (including phenoxy) is 2. The Morgan fingerprint density at radius 1 is 1.08 bits per heavy atom. The molecule has 0 radical (unpaired) electrons. The van der Waals surface area contributed by atoms with E-state index in [0.29, 0.717) is 28.9 Å². The Labute approximate surface area is 157 Å². The van der Waals surface area contributed by atoms with Crippen molar-refractivity contribution in [3.05, 3.63) is 58.9 Å². The predicted molar refractivity (Wildman–Crippen MR) is 101 cm³/mol. The van der Waals surface area contributed by atoms with Crippen LogP contribution in [-0.4, -0.2) is 31.0 Å². The SMILES string of the molecule is COc1cc(OC)cc(-c2nn(C[NH+](C)Cc3ccccc3)c(=S)o2)c1. The standard InChI is InChI=1S/C19H21N3O3S/c1-21(12-14-7-5-4-6-8-14)13-22-19(26)25-18(20-22)15-9-16(23-2)11-17(10-15)24-3/h4-11H,12-13H2,1-3H3/p+1. The van der Waals surface area contributed by atoms with E-state index < -0.39 is 0 Å². The van der Waals surface area contributed by atoms with Crippen molar-refractivity contribution in [1.82, 2.24) is 9.78 Å². The molecular formula is C19H22N3O3S+. The van der Waals surface area contributed by atoms with Gasteiger partial charge >= 0.3 is 0 Å². The summed E-state index contributed by atoms with van der Waals surface area (Å²) >= 11 is 5.34. The highest BCUT2D eigenvalue weighted by Crippen LogP contribution is 2.28. The first-order chi connectivity index (χ1) is 12.6. The molecule has 1 aromatic heterocycles. The molecule has 0 bridgehead atoms. The highest BCUT2D eigenvalue weighted by Gasteiger charge is 2.14. The molecule has 1 N–H and O–H groups in total. The lowest BCUT2D eigenvalue weighted by atomic mass is 10.2. The van der Waals surface area contributed by atoms with E-state index in [-0.39, 0.29) is 0 Å². The molecule has 3 aromatic rings. The van der Waals surface area contributed by atoms with Gasteiger partial charge in [-0.15, -0.1) is 5.10 Å². The van der Waals surface area contributed by atoms with Crippen molar-refractivity contribution in [2.75, 3.05) is 21.3 Å². The van der Waals surface area contributed by atoms with Crippen LogP contribution in [0.2, 0.25) is 0 Å². The molecule has 1 unspecified atom stereocenters. The monoisotopic (exact) mass is 372 g/mol. The summed E-state index contributed by atoms with van der Waals surface area (Å²) in [7, 11) is 5.31. The van der Waals surface area contributed by atoms with E-state index in [9.17, 15) is 0 Å².